The number of imidazole rings is 1. The molecule has 0 bridgehead atoms. The van der Waals surface area contributed by atoms with Crippen LogP contribution in [0.3, 0.4) is 0 Å². The summed E-state index contributed by atoms with van der Waals surface area (Å²) in [7, 11) is 2.11. The molecule has 1 atom stereocenters. The van der Waals surface area contributed by atoms with Crippen LogP contribution in [-0.4, -0.2) is 81.6 Å². The average molecular weight is 368 g/mol. The van der Waals surface area contributed by atoms with Crippen LogP contribution >= 0.6 is 0 Å². The molecule has 2 aromatic rings. The summed E-state index contributed by atoms with van der Waals surface area (Å²) in [6, 6.07) is 6.17. The van der Waals surface area contributed by atoms with E-state index >= 15 is 0 Å². The van der Waals surface area contributed by atoms with Crippen LogP contribution in [0.4, 0.5) is 4.79 Å². The highest BCUT2D eigenvalue weighted by molar-refractivity contribution is 5.74. The fourth-order valence-corrected chi connectivity index (χ4v) is 4.04. The van der Waals surface area contributed by atoms with E-state index in [-0.39, 0.29) is 11.9 Å². The van der Waals surface area contributed by atoms with E-state index in [9.17, 15) is 4.79 Å². The van der Waals surface area contributed by atoms with Gasteiger partial charge in [0.15, 0.2) is 0 Å². The molecule has 2 fully saturated rings. The van der Waals surface area contributed by atoms with Crippen molar-refractivity contribution in [2.75, 3.05) is 46.3 Å². The number of likely N-dealkylation sites (tertiary alicyclic amines) is 1. The highest BCUT2D eigenvalue weighted by Crippen LogP contribution is 2.27. The third kappa shape index (κ3) is 4.13. The van der Waals surface area contributed by atoms with Crippen molar-refractivity contribution in [2.45, 2.75) is 25.3 Å². The maximum atomic E-state index is 12.9. The van der Waals surface area contributed by atoms with Crippen molar-refractivity contribution in [3.63, 3.8) is 0 Å². The summed E-state index contributed by atoms with van der Waals surface area (Å²) in [5.74, 6) is 1.35. The standard InChI is InChI=1S/C20H28N6O/c1-23-11-13-24(14-12-23)20(27)26-9-4-5-17(15-26)19-22-8-10-25(19)16-18-6-2-3-7-21-18/h2-3,6-8,10,17H,4-5,9,11-16H2,1H3/t17-/m1/s1. The molecule has 2 amide bonds. The fourth-order valence-electron chi connectivity index (χ4n) is 4.04. The Bertz CT molecular complexity index is 753. The summed E-state index contributed by atoms with van der Waals surface area (Å²) >= 11 is 0. The predicted octanol–water partition coefficient (Wildman–Crippen LogP) is 1.87. The van der Waals surface area contributed by atoms with Gasteiger partial charge in [-0.1, -0.05) is 6.07 Å². The minimum atomic E-state index is 0.190. The number of urea groups is 1. The number of carbonyl (C=O) groups is 1. The molecule has 27 heavy (non-hydrogen) atoms. The Labute approximate surface area is 160 Å². The smallest absolute Gasteiger partial charge is 0.320 e. The first-order valence-electron chi connectivity index (χ1n) is 9.84. The molecular formula is C20H28N6O. The number of pyridine rings is 1. The number of aromatic nitrogens is 3. The van der Waals surface area contributed by atoms with E-state index in [0.717, 1.165) is 70.2 Å². The Balaban J connectivity index is 1.43. The first-order valence-corrected chi connectivity index (χ1v) is 9.84. The third-order valence-electron chi connectivity index (χ3n) is 5.64. The van der Waals surface area contributed by atoms with Gasteiger partial charge in [-0.2, -0.15) is 0 Å². The molecule has 7 heteroatoms. The normalized spacial score (nSPS) is 21.4. The van der Waals surface area contributed by atoms with E-state index in [1.807, 2.05) is 46.6 Å². The van der Waals surface area contributed by atoms with E-state index < -0.39 is 0 Å². The number of hydrogen-bond acceptors (Lipinski definition) is 4. The maximum Gasteiger partial charge on any atom is 0.320 e. The summed E-state index contributed by atoms with van der Waals surface area (Å²) in [5.41, 5.74) is 1.03. The second-order valence-corrected chi connectivity index (χ2v) is 7.59. The summed E-state index contributed by atoms with van der Waals surface area (Å²) in [6.45, 7) is 5.89. The minimum Gasteiger partial charge on any atom is -0.329 e. The first kappa shape index (κ1) is 18.0. The zero-order chi connectivity index (χ0) is 18.6. The lowest BCUT2D eigenvalue weighted by Gasteiger charge is -2.39. The van der Waals surface area contributed by atoms with E-state index in [4.69, 9.17) is 0 Å². The van der Waals surface area contributed by atoms with Gasteiger partial charge in [0.2, 0.25) is 0 Å². The Morgan fingerprint density at radius 2 is 1.93 bits per heavy atom. The monoisotopic (exact) mass is 368 g/mol. The fraction of sp³-hybridized carbons (Fsp3) is 0.550. The SMILES string of the molecule is CN1CCN(C(=O)N2CCC[C@@H](c3nccn3Cc3ccccn3)C2)CC1. The van der Waals surface area contributed by atoms with E-state index in [0.29, 0.717) is 0 Å². The van der Waals surface area contributed by atoms with Gasteiger partial charge in [0.1, 0.15) is 5.82 Å². The largest absolute Gasteiger partial charge is 0.329 e. The number of piperazine rings is 1. The maximum absolute atomic E-state index is 12.9. The molecule has 7 nitrogen and oxygen atoms in total. The number of hydrogen-bond donors (Lipinski definition) is 0. The molecule has 4 heterocycles. The number of likely N-dealkylation sites (N-methyl/N-ethyl adjacent to an activating group) is 1. The third-order valence-corrected chi connectivity index (χ3v) is 5.64. The lowest BCUT2D eigenvalue weighted by molar-refractivity contribution is 0.111. The second kappa shape index (κ2) is 8.08. The van der Waals surface area contributed by atoms with Crippen LogP contribution in [0.2, 0.25) is 0 Å². The van der Waals surface area contributed by atoms with Gasteiger partial charge in [0.25, 0.3) is 0 Å². The van der Waals surface area contributed by atoms with Gasteiger partial charge in [-0.3, -0.25) is 4.98 Å². The van der Waals surface area contributed by atoms with Crippen LogP contribution < -0.4 is 0 Å². The molecule has 2 aliphatic heterocycles. The van der Waals surface area contributed by atoms with Crippen molar-refractivity contribution in [2.24, 2.45) is 0 Å². The molecular weight excluding hydrogens is 340 g/mol. The molecule has 0 aromatic carbocycles. The number of amides is 2. The van der Waals surface area contributed by atoms with Crippen LogP contribution in [0.1, 0.15) is 30.3 Å². The van der Waals surface area contributed by atoms with Crippen molar-refractivity contribution in [1.82, 2.24) is 29.2 Å². The van der Waals surface area contributed by atoms with Crippen LogP contribution in [0.25, 0.3) is 0 Å². The summed E-state index contributed by atoms with van der Waals surface area (Å²) < 4.78 is 2.18. The van der Waals surface area contributed by atoms with Gasteiger partial charge in [-0.25, -0.2) is 9.78 Å². The highest BCUT2D eigenvalue weighted by atomic mass is 16.2. The second-order valence-electron chi connectivity index (χ2n) is 7.59. The lowest BCUT2D eigenvalue weighted by atomic mass is 9.97. The molecule has 0 unspecified atom stereocenters. The summed E-state index contributed by atoms with van der Waals surface area (Å²) in [4.78, 5) is 28.3. The zero-order valence-corrected chi connectivity index (χ0v) is 16.0. The molecule has 0 saturated carbocycles. The Kier molecular flexibility index (Phi) is 5.38. The number of rotatable bonds is 3. The van der Waals surface area contributed by atoms with Gasteiger partial charge >= 0.3 is 6.03 Å². The van der Waals surface area contributed by atoms with Crippen molar-refractivity contribution in [1.29, 1.82) is 0 Å². The summed E-state index contributed by atoms with van der Waals surface area (Å²) in [6.07, 6.45) is 7.81. The minimum absolute atomic E-state index is 0.190. The van der Waals surface area contributed by atoms with Crippen LogP contribution in [-0.2, 0) is 6.54 Å². The van der Waals surface area contributed by atoms with Crippen LogP contribution in [0, 0.1) is 0 Å². The van der Waals surface area contributed by atoms with Crippen LogP contribution in [0.5, 0.6) is 0 Å². The average Bonchev–Trinajstić information content (AvgIpc) is 3.17. The molecule has 2 aliphatic rings. The Morgan fingerprint density at radius 3 is 2.70 bits per heavy atom. The number of nitrogens with zero attached hydrogens (tertiary/aromatic N) is 6. The van der Waals surface area contributed by atoms with Crippen LogP contribution in [0.15, 0.2) is 36.8 Å². The molecule has 2 aromatic heterocycles. The first-order chi connectivity index (χ1) is 13.2. The molecule has 0 spiro atoms. The molecule has 0 aliphatic carbocycles. The predicted molar refractivity (Wildman–Crippen MR) is 104 cm³/mol. The van der Waals surface area contributed by atoms with E-state index in [1.165, 1.54) is 0 Å². The summed E-state index contributed by atoms with van der Waals surface area (Å²) in [5, 5.41) is 0. The Morgan fingerprint density at radius 1 is 1.07 bits per heavy atom. The van der Waals surface area contributed by atoms with E-state index in [1.54, 1.807) is 0 Å². The molecule has 4 rings (SSSR count). The van der Waals surface area contributed by atoms with Gasteiger partial charge in [0.05, 0.1) is 12.2 Å². The zero-order valence-electron chi connectivity index (χ0n) is 16.0. The highest BCUT2D eigenvalue weighted by Gasteiger charge is 2.30. The van der Waals surface area contributed by atoms with Gasteiger partial charge in [-0.05, 0) is 32.0 Å². The van der Waals surface area contributed by atoms with Gasteiger partial charge in [-0.15, -0.1) is 0 Å². The molecule has 2 saturated heterocycles. The molecule has 144 valence electrons. The van der Waals surface area contributed by atoms with Crippen molar-refractivity contribution >= 4 is 6.03 Å². The Hall–Kier alpha value is -2.41. The number of carbonyl (C=O) groups excluding carboxylic acids is 1. The van der Waals surface area contributed by atoms with Crippen molar-refractivity contribution < 1.29 is 4.79 Å². The van der Waals surface area contributed by atoms with E-state index in [2.05, 4.69) is 26.5 Å². The van der Waals surface area contributed by atoms with Gasteiger partial charge in [0, 0.05) is 63.8 Å². The topological polar surface area (TPSA) is 57.5 Å². The molecule has 0 N–H and O–H groups in total. The quantitative estimate of drug-likeness (QED) is 0.830. The van der Waals surface area contributed by atoms with Crippen molar-refractivity contribution in [3.8, 4) is 0 Å². The molecule has 0 radical (unpaired) electrons. The lowest BCUT2D eigenvalue weighted by Crippen LogP contribution is -2.53. The number of piperidine rings is 1. The van der Waals surface area contributed by atoms with Gasteiger partial charge < -0.3 is 19.3 Å². The van der Waals surface area contributed by atoms with Crippen molar-refractivity contribution in [3.05, 3.63) is 48.3 Å².